The van der Waals surface area contributed by atoms with Crippen LogP contribution in [0.1, 0.15) is 37.2 Å². The number of hydrogen-bond donors (Lipinski definition) is 0. The third kappa shape index (κ3) is 2.07. The Morgan fingerprint density at radius 2 is 2.41 bits per heavy atom. The van der Waals surface area contributed by atoms with E-state index in [2.05, 4.69) is 23.7 Å². The lowest BCUT2D eigenvalue weighted by atomic mass is 10.2. The Morgan fingerprint density at radius 1 is 1.65 bits per heavy atom. The van der Waals surface area contributed by atoms with Crippen LogP contribution in [0.5, 0.6) is 0 Å². The summed E-state index contributed by atoms with van der Waals surface area (Å²) in [5, 5.41) is 1.94. The number of fused-ring (bicyclic) bond motifs is 1. The molecule has 2 aromatic rings. The molecule has 2 aromatic heterocycles. The van der Waals surface area contributed by atoms with Crippen molar-refractivity contribution < 1.29 is 4.79 Å². The Kier molecular flexibility index (Phi) is 3.47. The number of aromatic nitrogens is 2. The van der Waals surface area contributed by atoms with E-state index in [1.165, 1.54) is 0 Å². The molecular formula is C12H17N3OS. The average molecular weight is 251 g/mol. The predicted octanol–water partition coefficient (Wildman–Crippen LogP) is 2.83. The van der Waals surface area contributed by atoms with Crippen molar-refractivity contribution in [1.29, 1.82) is 0 Å². The van der Waals surface area contributed by atoms with Gasteiger partial charge in [-0.1, -0.05) is 13.3 Å². The minimum absolute atomic E-state index is 0.392. The van der Waals surface area contributed by atoms with Crippen LogP contribution < -0.4 is 4.90 Å². The third-order valence-corrected chi connectivity index (χ3v) is 3.85. The summed E-state index contributed by atoms with van der Waals surface area (Å²) >= 11 is 1.55. The highest BCUT2D eigenvalue weighted by molar-refractivity contribution is 7.15. The number of anilines is 1. The molecule has 0 saturated carbocycles. The van der Waals surface area contributed by atoms with Crippen LogP contribution in [0.4, 0.5) is 5.82 Å². The smallest absolute Gasteiger partial charge is 0.196 e. The van der Waals surface area contributed by atoms with Gasteiger partial charge in [-0.05, 0) is 13.3 Å². The topological polar surface area (TPSA) is 37.6 Å². The van der Waals surface area contributed by atoms with Crippen molar-refractivity contribution in [3.05, 3.63) is 17.3 Å². The summed E-state index contributed by atoms with van der Waals surface area (Å²) in [6, 6.07) is 0.392. The maximum atomic E-state index is 11.2. The highest BCUT2D eigenvalue weighted by Crippen LogP contribution is 2.24. The zero-order valence-corrected chi connectivity index (χ0v) is 11.2. The first-order chi connectivity index (χ1) is 8.19. The molecule has 0 saturated heterocycles. The minimum atomic E-state index is 0.392. The van der Waals surface area contributed by atoms with Crippen molar-refractivity contribution in [3.8, 4) is 0 Å². The average Bonchev–Trinajstić information content (AvgIpc) is 2.87. The lowest BCUT2D eigenvalue weighted by Gasteiger charge is -2.24. The number of aldehydes is 1. The summed E-state index contributed by atoms with van der Waals surface area (Å²) in [6.45, 7) is 4.32. The Morgan fingerprint density at radius 3 is 3.06 bits per heavy atom. The lowest BCUT2D eigenvalue weighted by Crippen LogP contribution is -2.29. The van der Waals surface area contributed by atoms with Crippen molar-refractivity contribution in [2.45, 2.75) is 32.7 Å². The molecule has 17 heavy (non-hydrogen) atoms. The fraction of sp³-hybridized carbons (Fsp3) is 0.500. The maximum Gasteiger partial charge on any atom is 0.196 e. The predicted molar refractivity (Wildman–Crippen MR) is 71.2 cm³/mol. The second-order valence-electron chi connectivity index (χ2n) is 4.24. The molecule has 1 unspecified atom stereocenters. The Hall–Kier alpha value is -1.36. The van der Waals surface area contributed by atoms with Gasteiger partial charge in [0.2, 0.25) is 0 Å². The Balaban J connectivity index is 2.40. The molecule has 0 aliphatic carbocycles. The van der Waals surface area contributed by atoms with Crippen LogP contribution in [0.2, 0.25) is 0 Å². The number of hydrogen-bond acceptors (Lipinski definition) is 4. The molecule has 0 amide bonds. The van der Waals surface area contributed by atoms with Gasteiger partial charge in [0.1, 0.15) is 5.69 Å². The zero-order chi connectivity index (χ0) is 12.4. The monoisotopic (exact) mass is 251 g/mol. The largest absolute Gasteiger partial charge is 0.355 e. The van der Waals surface area contributed by atoms with Crippen molar-refractivity contribution in [2.24, 2.45) is 0 Å². The van der Waals surface area contributed by atoms with Crippen molar-refractivity contribution in [1.82, 2.24) is 9.38 Å². The second-order valence-corrected chi connectivity index (χ2v) is 5.12. The van der Waals surface area contributed by atoms with Gasteiger partial charge in [0, 0.05) is 24.7 Å². The van der Waals surface area contributed by atoms with Gasteiger partial charge in [-0.3, -0.25) is 9.20 Å². The maximum absolute atomic E-state index is 11.2. The first-order valence-electron chi connectivity index (χ1n) is 5.82. The molecule has 4 nitrogen and oxygen atoms in total. The molecule has 92 valence electrons. The molecule has 0 radical (unpaired) electrons. The minimum Gasteiger partial charge on any atom is -0.355 e. The van der Waals surface area contributed by atoms with Crippen LogP contribution in [0.3, 0.4) is 0 Å². The van der Waals surface area contributed by atoms with Crippen molar-refractivity contribution in [3.63, 3.8) is 0 Å². The van der Waals surface area contributed by atoms with Crippen LogP contribution in [0.25, 0.3) is 4.96 Å². The number of rotatable bonds is 5. The van der Waals surface area contributed by atoms with Gasteiger partial charge >= 0.3 is 0 Å². The van der Waals surface area contributed by atoms with Crippen molar-refractivity contribution >= 4 is 28.4 Å². The number of carbonyl (C=O) groups excluding carboxylic acids is 1. The molecule has 2 rings (SSSR count). The Labute approximate surface area is 105 Å². The van der Waals surface area contributed by atoms with Gasteiger partial charge in [0.15, 0.2) is 17.1 Å². The van der Waals surface area contributed by atoms with Gasteiger partial charge in [-0.15, -0.1) is 11.3 Å². The number of nitrogens with zero attached hydrogens (tertiary/aromatic N) is 3. The summed E-state index contributed by atoms with van der Waals surface area (Å²) in [5.74, 6) is 0.785. The highest BCUT2D eigenvalue weighted by Gasteiger charge is 2.19. The summed E-state index contributed by atoms with van der Waals surface area (Å²) in [5.41, 5.74) is 0.645. The van der Waals surface area contributed by atoms with E-state index in [0.29, 0.717) is 11.7 Å². The van der Waals surface area contributed by atoms with Crippen LogP contribution in [-0.4, -0.2) is 28.8 Å². The molecule has 0 spiro atoms. The first kappa shape index (κ1) is 12.1. The Bertz CT molecular complexity index is 517. The van der Waals surface area contributed by atoms with E-state index in [4.69, 9.17) is 0 Å². The summed E-state index contributed by atoms with van der Waals surface area (Å²) in [4.78, 5) is 18.7. The van der Waals surface area contributed by atoms with E-state index in [9.17, 15) is 4.79 Å². The van der Waals surface area contributed by atoms with Crippen molar-refractivity contribution in [2.75, 3.05) is 11.9 Å². The van der Waals surface area contributed by atoms with Crippen LogP contribution >= 0.6 is 11.3 Å². The van der Waals surface area contributed by atoms with Crippen LogP contribution in [0, 0.1) is 0 Å². The summed E-state index contributed by atoms with van der Waals surface area (Å²) < 4.78 is 1.85. The molecule has 0 bridgehead atoms. The molecular weight excluding hydrogens is 234 g/mol. The van der Waals surface area contributed by atoms with Gasteiger partial charge in [-0.2, -0.15) is 0 Å². The van der Waals surface area contributed by atoms with E-state index in [1.54, 1.807) is 11.3 Å². The SMILES string of the molecule is CCCC(C)N(C)c1nc2sccn2c1C=O. The van der Waals surface area contributed by atoms with Gasteiger partial charge in [-0.25, -0.2) is 4.98 Å². The van der Waals surface area contributed by atoms with Gasteiger partial charge in [0.05, 0.1) is 0 Å². The number of thiazole rings is 1. The van der Waals surface area contributed by atoms with E-state index in [1.807, 2.05) is 23.0 Å². The van der Waals surface area contributed by atoms with E-state index in [0.717, 1.165) is 29.9 Å². The van der Waals surface area contributed by atoms with Gasteiger partial charge < -0.3 is 4.90 Å². The summed E-state index contributed by atoms with van der Waals surface area (Å²) in [6.07, 6.45) is 5.00. The first-order valence-corrected chi connectivity index (χ1v) is 6.70. The molecule has 0 aromatic carbocycles. The molecule has 0 aliphatic rings. The standard InChI is InChI=1S/C12H17N3OS/c1-4-5-9(2)14(3)11-10(8-16)15-6-7-17-12(15)13-11/h6-9H,4-5H2,1-3H3. The van der Waals surface area contributed by atoms with E-state index < -0.39 is 0 Å². The third-order valence-electron chi connectivity index (χ3n) is 3.09. The molecule has 0 N–H and O–H groups in total. The van der Waals surface area contributed by atoms with Gasteiger partial charge in [0.25, 0.3) is 0 Å². The zero-order valence-electron chi connectivity index (χ0n) is 10.4. The highest BCUT2D eigenvalue weighted by atomic mass is 32.1. The van der Waals surface area contributed by atoms with E-state index in [-0.39, 0.29) is 0 Å². The quantitative estimate of drug-likeness (QED) is 0.767. The van der Waals surface area contributed by atoms with Crippen LogP contribution in [0.15, 0.2) is 11.6 Å². The lowest BCUT2D eigenvalue weighted by molar-refractivity contribution is 0.111. The molecule has 0 fully saturated rings. The molecule has 2 heterocycles. The molecule has 1 atom stereocenters. The normalized spacial score (nSPS) is 12.9. The van der Waals surface area contributed by atoms with E-state index >= 15 is 0 Å². The summed E-state index contributed by atoms with van der Waals surface area (Å²) in [7, 11) is 2.00. The molecule has 0 aliphatic heterocycles. The number of carbonyl (C=O) groups is 1. The van der Waals surface area contributed by atoms with Crippen LogP contribution in [-0.2, 0) is 0 Å². The second kappa shape index (κ2) is 4.87. The fourth-order valence-electron chi connectivity index (χ4n) is 1.98. The molecule has 5 heteroatoms. The number of imidazole rings is 1. The fourth-order valence-corrected chi connectivity index (χ4v) is 2.70.